The van der Waals surface area contributed by atoms with Crippen LogP contribution in [0.3, 0.4) is 0 Å². The Bertz CT molecular complexity index is 388. The van der Waals surface area contributed by atoms with Crippen LogP contribution in [0, 0.1) is 12.3 Å². The second-order valence-electron chi connectivity index (χ2n) is 6.29. The molecule has 0 aliphatic heterocycles. The van der Waals surface area contributed by atoms with Gasteiger partial charge in [-0.05, 0) is 44.5 Å². The molecule has 1 aromatic carbocycles. The van der Waals surface area contributed by atoms with Crippen LogP contribution in [0.5, 0.6) is 0 Å². The summed E-state index contributed by atoms with van der Waals surface area (Å²) in [6.07, 6.45) is 6.93. The molecule has 2 heteroatoms. The quantitative estimate of drug-likeness (QED) is 0.870. The highest BCUT2D eigenvalue weighted by atomic mass is 15.1. The summed E-state index contributed by atoms with van der Waals surface area (Å²) in [5.74, 6) is 0. The summed E-state index contributed by atoms with van der Waals surface area (Å²) in [7, 11) is 4.32. The van der Waals surface area contributed by atoms with Crippen LogP contribution in [0.1, 0.15) is 37.7 Å². The summed E-state index contributed by atoms with van der Waals surface area (Å²) in [4.78, 5) is 2.44. The molecule has 0 unspecified atom stereocenters. The second kappa shape index (κ2) is 6.42. The van der Waals surface area contributed by atoms with E-state index in [0.29, 0.717) is 5.41 Å². The Kier molecular flexibility index (Phi) is 4.87. The van der Waals surface area contributed by atoms with E-state index >= 15 is 0 Å². The molecular formula is C17H28N2. The van der Waals surface area contributed by atoms with Gasteiger partial charge in [0, 0.05) is 31.2 Å². The molecule has 106 valence electrons. The minimum Gasteiger partial charge on any atom is -0.374 e. The summed E-state index contributed by atoms with van der Waals surface area (Å²) in [6.45, 7) is 4.47. The van der Waals surface area contributed by atoms with Crippen molar-refractivity contribution in [3.05, 3.63) is 29.8 Å². The summed E-state index contributed by atoms with van der Waals surface area (Å²) in [5, 5.41) is 3.42. The fourth-order valence-corrected chi connectivity index (χ4v) is 3.53. The van der Waals surface area contributed by atoms with Gasteiger partial charge in [0.15, 0.2) is 0 Å². The van der Waals surface area contributed by atoms with Crippen LogP contribution in [0.15, 0.2) is 24.3 Å². The van der Waals surface area contributed by atoms with Gasteiger partial charge in [-0.15, -0.1) is 0 Å². The number of nitrogens with one attached hydrogen (secondary N) is 1. The summed E-state index contributed by atoms with van der Waals surface area (Å²) < 4.78 is 0. The number of hydrogen-bond donors (Lipinski definition) is 1. The molecule has 0 aromatic heterocycles. The Morgan fingerprint density at radius 1 is 1.21 bits per heavy atom. The Morgan fingerprint density at radius 2 is 1.95 bits per heavy atom. The van der Waals surface area contributed by atoms with Gasteiger partial charge in [-0.2, -0.15) is 0 Å². The van der Waals surface area contributed by atoms with E-state index in [-0.39, 0.29) is 0 Å². The first-order chi connectivity index (χ1) is 9.15. The van der Waals surface area contributed by atoms with Crippen molar-refractivity contribution >= 4 is 5.69 Å². The highest BCUT2D eigenvalue weighted by Crippen LogP contribution is 2.37. The molecule has 1 N–H and O–H groups in total. The molecule has 1 aliphatic rings. The fourth-order valence-electron chi connectivity index (χ4n) is 3.53. The molecule has 0 bridgehead atoms. The summed E-state index contributed by atoms with van der Waals surface area (Å²) >= 11 is 0. The maximum atomic E-state index is 3.42. The Hall–Kier alpha value is -1.02. The zero-order valence-electron chi connectivity index (χ0n) is 12.7. The van der Waals surface area contributed by atoms with Crippen LogP contribution in [-0.2, 0) is 0 Å². The molecule has 1 fully saturated rings. The first kappa shape index (κ1) is 14.4. The number of aryl methyl sites for hydroxylation is 1. The SMILES string of the molecule is CNCC1(CN(C)c2cccc(C)c2)CCCCC1. The first-order valence-electron chi connectivity index (χ1n) is 7.58. The largest absolute Gasteiger partial charge is 0.374 e. The average Bonchev–Trinajstić information content (AvgIpc) is 2.40. The molecular weight excluding hydrogens is 232 g/mol. The monoisotopic (exact) mass is 260 g/mol. The van der Waals surface area contributed by atoms with Crippen molar-refractivity contribution in [2.24, 2.45) is 5.41 Å². The molecule has 0 spiro atoms. The van der Waals surface area contributed by atoms with E-state index in [0.717, 1.165) is 13.1 Å². The van der Waals surface area contributed by atoms with Gasteiger partial charge in [0.25, 0.3) is 0 Å². The predicted octanol–water partition coefficient (Wildman–Crippen LogP) is 3.60. The van der Waals surface area contributed by atoms with E-state index in [1.807, 2.05) is 0 Å². The zero-order valence-corrected chi connectivity index (χ0v) is 12.7. The van der Waals surface area contributed by atoms with Crippen molar-refractivity contribution in [1.82, 2.24) is 5.32 Å². The molecule has 19 heavy (non-hydrogen) atoms. The molecule has 2 rings (SSSR count). The van der Waals surface area contributed by atoms with Crippen molar-refractivity contribution in [1.29, 1.82) is 0 Å². The normalized spacial score (nSPS) is 18.3. The zero-order chi connectivity index (χ0) is 13.7. The van der Waals surface area contributed by atoms with Gasteiger partial charge in [-0.1, -0.05) is 31.4 Å². The van der Waals surface area contributed by atoms with Crippen molar-refractivity contribution in [3.8, 4) is 0 Å². The van der Waals surface area contributed by atoms with Gasteiger partial charge in [0.1, 0.15) is 0 Å². The maximum absolute atomic E-state index is 3.42. The first-order valence-corrected chi connectivity index (χ1v) is 7.58. The van der Waals surface area contributed by atoms with Crippen LogP contribution in [0.2, 0.25) is 0 Å². The van der Waals surface area contributed by atoms with Gasteiger partial charge < -0.3 is 10.2 Å². The lowest BCUT2D eigenvalue weighted by Crippen LogP contribution is -2.43. The molecule has 1 saturated carbocycles. The summed E-state index contributed by atoms with van der Waals surface area (Å²) in [5.41, 5.74) is 3.16. The van der Waals surface area contributed by atoms with Crippen LogP contribution in [-0.4, -0.2) is 27.2 Å². The van der Waals surface area contributed by atoms with E-state index in [1.165, 1.54) is 43.4 Å². The molecule has 0 radical (unpaired) electrons. The lowest BCUT2D eigenvalue weighted by molar-refractivity contribution is 0.193. The van der Waals surface area contributed by atoms with Gasteiger partial charge in [0.05, 0.1) is 0 Å². The Balaban J connectivity index is 2.08. The molecule has 0 atom stereocenters. The van der Waals surface area contributed by atoms with E-state index in [2.05, 4.69) is 55.5 Å². The number of hydrogen-bond acceptors (Lipinski definition) is 2. The molecule has 2 nitrogen and oxygen atoms in total. The van der Waals surface area contributed by atoms with Crippen molar-refractivity contribution in [2.75, 3.05) is 32.1 Å². The molecule has 0 saturated heterocycles. The van der Waals surface area contributed by atoms with Crippen LogP contribution in [0.25, 0.3) is 0 Å². The predicted molar refractivity (Wildman–Crippen MR) is 83.9 cm³/mol. The van der Waals surface area contributed by atoms with E-state index < -0.39 is 0 Å². The molecule has 0 amide bonds. The third kappa shape index (κ3) is 3.73. The molecule has 0 heterocycles. The van der Waals surface area contributed by atoms with Crippen LogP contribution < -0.4 is 10.2 Å². The topological polar surface area (TPSA) is 15.3 Å². The van der Waals surface area contributed by atoms with Crippen molar-refractivity contribution in [3.63, 3.8) is 0 Å². The number of nitrogens with zero attached hydrogens (tertiary/aromatic N) is 1. The van der Waals surface area contributed by atoms with Crippen molar-refractivity contribution in [2.45, 2.75) is 39.0 Å². The van der Waals surface area contributed by atoms with Crippen LogP contribution >= 0.6 is 0 Å². The standard InChI is InChI=1S/C17H28N2/c1-15-8-7-9-16(12-15)19(3)14-17(13-18-2)10-5-4-6-11-17/h7-9,12,18H,4-6,10-11,13-14H2,1-3H3. The maximum Gasteiger partial charge on any atom is 0.0366 e. The Morgan fingerprint density at radius 3 is 2.58 bits per heavy atom. The lowest BCUT2D eigenvalue weighted by Gasteiger charge is -2.41. The van der Waals surface area contributed by atoms with Crippen molar-refractivity contribution < 1.29 is 0 Å². The minimum absolute atomic E-state index is 0.464. The third-order valence-corrected chi connectivity index (χ3v) is 4.48. The minimum atomic E-state index is 0.464. The van der Waals surface area contributed by atoms with E-state index in [1.54, 1.807) is 0 Å². The van der Waals surface area contributed by atoms with Gasteiger partial charge in [-0.25, -0.2) is 0 Å². The molecule has 1 aliphatic carbocycles. The number of benzene rings is 1. The highest BCUT2D eigenvalue weighted by Gasteiger charge is 2.32. The van der Waals surface area contributed by atoms with E-state index in [4.69, 9.17) is 0 Å². The number of anilines is 1. The summed E-state index contributed by atoms with van der Waals surface area (Å²) in [6, 6.07) is 8.84. The Labute approximate surface area is 118 Å². The van der Waals surface area contributed by atoms with Gasteiger partial charge in [-0.3, -0.25) is 0 Å². The van der Waals surface area contributed by atoms with E-state index in [9.17, 15) is 0 Å². The number of rotatable bonds is 5. The molecule has 1 aromatic rings. The van der Waals surface area contributed by atoms with Gasteiger partial charge >= 0.3 is 0 Å². The second-order valence-corrected chi connectivity index (χ2v) is 6.29. The average molecular weight is 260 g/mol. The lowest BCUT2D eigenvalue weighted by atomic mass is 9.73. The third-order valence-electron chi connectivity index (χ3n) is 4.48. The highest BCUT2D eigenvalue weighted by molar-refractivity contribution is 5.47. The fraction of sp³-hybridized carbons (Fsp3) is 0.647. The smallest absolute Gasteiger partial charge is 0.0366 e. The van der Waals surface area contributed by atoms with Gasteiger partial charge in [0.2, 0.25) is 0 Å². The van der Waals surface area contributed by atoms with Crippen LogP contribution in [0.4, 0.5) is 5.69 Å².